The highest BCUT2D eigenvalue weighted by Gasteiger charge is 2.64. The van der Waals surface area contributed by atoms with E-state index in [1.54, 1.807) is 124 Å². The van der Waals surface area contributed by atoms with Crippen molar-refractivity contribution in [1.29, 1.82) is 0 Å². The summed E-state index contributed by atoms with van der Waals surface area (Å²) < 4.78 is 202. The van der Waals surface area contributed by atoms with Gasteiger partial charge in [-0.1, -0.05) is 95.1 Å². The summed E-state index contributed by atoms with van der Waals surface area (Å²) in [6.07, 6.45) is 9.82. The molecule has 2 amide bonds. The third-order valence-electron chi connectivity index (χ3n) is 20.1. The van der Waals surface area contributed by atoms with E-state index in [4.69, 9.17) is 54.0 Å². The van der Waals surface area contributed by atoms with Gasteiger partial charge in [0, 0.05) is 88.8 Å². The van der Waals surface area contributed by atoms with Gasteiger partial charge in [0.05, 0.1) is 57.0 Å². The quantitative estimate of drug-likeness (QED) is 0.00673. The normalized spacial score (nSPS) is 19.2. The number of amidine groups is 1. The van der Waals surface area contributed by atoms with Gasteiger partial charge in [0.15, 0.2) is 23.4 Å². The molecule has 15 rings (SSSR count). The van der Waals surface area contributed by atoms with E-state index >= 15 is 0 Å². The van der Waals surface area contributed by atoms with Crippen LogP contribution in [0.15, 0.2) is 145 Å². The number of amides is 2. The second kappa shape index (κ2) is 43.7. The molecule has 3 aliphatic heterocycles. The number of esters is 1. The number of anilines is 2. The number of ether oxygens (including phenoxy) is 9. The summed E-state index contributed by atoms with van der Waals surface area (Å²) in [4.78, 5) is 54.6. The van der Waals surface area contributed by atoms with Crippen molar-refractivity contribution < 1.29 is 114 Å². The summed E-state index contributed by atoms with van der Waals surface area (Å²) in [5.41, 5.74) is 8.53. The third kappa shape index (κ3) is 25.2. The Hall–Kier alpha value is -10.5. The van der Waals surface area contributed by atoms with Crippen LogP contribution in [0, 0.1) is 35.2 Å². The Morgan fingerprint density at radius 2 is 0.886 bits per heavy atom. The second-order valence-corrected chi connectivity index (χ2v) is 29.6. The van der Waals surface area contributed by atoms with E-state index in [1.807, 2.05) is 34.3 Å². The van der Waals surface area contributed by atoms with Crippen molar-refractivity contribution in [2.24, 2.45) is 34.4 Å². The number of likely N-dealkylation sites (tertiary alicyclic amines) is 1. The number of pyridine rings is 3. The van der Waals surface area contributed by atoms with E-state index < -0.39 is 83.9 Å². The van der Waals surface area contributed by atoms with Crippen molar-refractivity contribution in [1.82, 2.24) is 60.2 Å². The second-order valence-electron chi connectivity index (χ2n) is 27.6. The van der Waals surface area contributed by atoms with Gasteiger partial charge in [-0.2, -0.15) is 43.9 Å². The number of rotatable bonds is 28. The van der Waals surface area contributed by atoms with E-state index in [1.165, 1.54) is 50.6 Å². The van der Waals surface area contributed by atoms with Gasteiger partial charge >= 0.3 is 39.0 Å². The van der Waals surface area contributed by atoms with Crippen molar-refractivity contribution >= 4 is 87.1 Å². The number of benzene rings is 4. The number of piperidine rings is 3. The van der Waals surface area contributed by atoms with Crippen LogP contribution in [0.4, 0.5) is 74.7 Å². The number of carbonyl (C=O) groups excluding carboxylic acids is 3. The molecular formula is C77H79Cl3F13N17O12S. The molecule has 0 radical (unpaired) electrons. The maximum absolute atomic E-state index is 13.5. The number of halogens is 16. The fourth-order valence-electron chi connectivity index (χ4n) is 14.3. The minimum Gasteiger partial charge on any atom is -0.481 e. The van der Waals surface area contributed by atoms with E-state index in [2.05, 4.69) is 80.4 Å². The average molecular weight is 1820 g/mol. The summed E-state index contributed by atoms with van der Waals surface area (Å²) in [6.45, 7) is -13.2. The van der Waals surface area contributed by atoms with Gasteiger partial charge < -0.3 is 57.3 Å². The summed E-state index contributed by atoms with van der Waals surface area (Å²) in [6, 6.07) is 33.2. The molecule has 6 fully saturated rings. The lowest BCUT2D eigenvalue weighted by Crippen LogP contribution is -2.33. The minimum absolute atomic E-state index is 0.0272. The molecule has 3 saturated carbocycles. The molecule has 46 heteroatoms. The Bertz CT molecular complexity index is 4820. The Kier molecular flexibility index (Phi) is 33.7. The Morgan fingerprint density at radius 3 is 1.24 bits per heavy atom. The van der Waals surface area contributed by atoms with E-state index in [-0.39, 0.29) is 52.0 Å². The highest BCUT2D eigenvalue weighted by Crippen LogP contribution is 2.63. The smallest absolute Gasteiger partial charge is 0.345 e. The first kappa shape index (κ1) is 94.8. The topological polar surface area (TPSA) is 333 Å². The summed E-state index contributed by atoms with van der Waals surface area (Å²) >= 11 is 20.7. The molecular weight excluding hydrogens is 1740 g/mol. The number of fused-ring (bicyclic) bond motifs is 3. The molecule has 3 saturated heterocycles. The molecule has 6 N–H and O–H groups in total. The summed E-state index contributed by atoms with van der Waals surface area (Å²) in [5, 5.41) is 19.0. The number of nitrogens with one attached hydrogen (secondary N) is 2. The van der Waals surface area contributed by atoms with Crippen LogP contribution in [0.2, 0.25) is 15.1 Å². The highest BCUT2D eigenvalue weighted by molar-refractivity contribution is 8.13. The predicted octanol–water partition coefficient (Wildman–Crippen LogP) is 12.9. The molecule has 29 nitrogen and oxygen atoms in total. The number of nitrogens with zero attached hydrogens (tertiary/aromatic N) is 13. The van der Waals surface area contributed by atoms with Crippen molar-refractivity contribution in [3.63, 3.8) is 0 Å². The molecule has 8 heterocycles. The Labute approximate surface area is 712 Å². The lowest BCUT2D eigenvalue weighted by Gasteiger charge is -2.24. The molecule has 6 aliphatic rings. The first-order valence-corrected chi connectivity index (χ1v) is 39.1. The van der Waals surface area contributed by atoms with Gasteiger partial charge in [-0.05, 0) is 120 Å². The zero-order chi connectivity index (χ0) is 88.9. The largest absolute Gasteiger partial charge is 0.481 e. The van der Waals surface area contributed by atoms with E-state index in [9.17, 15) is 71.5 Å². The highest BCUT2D eigenvalue weighted by atomic mass is 35.5. The number of alkyl halides is 10. The fourth-order valence-corrected chi connectivity index (χ4v) is 15.9. The zero-order valence-electron chi connectivity index (χ0n) is 65.3. The SMILES string of the molecule is COc1ccc(-n2c(COC(F)F)nnc2N2C[C@@H]3C[C@]3(c3ccc(F)cc3Cl)C2)cn1.COc1ccc(-n2c(COC(F)F)nnc2N2C[C@@H]3C[C@]3(c3ccc(F)cc3Cl)C2)cn1.COc1ccc(N=C(SC)N2C[C@@H]3C[C@]3(c3ccc(F)cc3Cl)C2)cn1.NNC(=O)COC(F)F.NNC(=O)COC(F)F.O=C(COC(F)F)OCc1ccccc1. The van der Waals surface area contributed by atoms with Crippen LogP contribution in [0.5, 0.6) is 17.6 Å². The van der Waals surface area contributed by atoms with Crippen LogP contribution in [-0.4, -0.2) is 192 Å². The number of nitrogens with two attached hydrogens (primary N) is 2. The van der Waals surface area contributed by atoms with Crippen LogP contribution >= 0.6 is 46.6 Å². The fraction of sp³-hybridized carbons (Fsp3) is 0.390. The standard InChI is InChI=1S/2C21H19ClF3N5O2.C19H19ClFN3OS.C10H10F2O3.2C3H6F2N2O2/c2*1-31-18-5-3-14(8-26-18)30-17(10-32-19(24)25)27-28-20(30)29-9-12-7-21(12,11-29)15-4-2-13(23)6-16(15)22;1-25-17-6-4-14(9-22-17)23-18(26-2)24-10-12-8-19(12,11-24)15-5-3-13(21)7-16(15)20;11-10(12)15-7-9(13)14-6-8-4-2-1-3-5-8;2*4-3(5)9-1-2(8)7-6/h2*2-6,8,12,19H,7,9-11H2,1H3;3-7,9,12H,8,10-11H2,1-2H3;1-5,10H,6-7H2;2*3H,1,6H2,(H,7,8)/t2*12-,21-;12-,19-;;;/m000.../s1. The number of thioether (sulfide) groups is 1. The molecule has 9 aromatic rings. The molecule has 0 bridgehead atoms. The Balaban J connectivity index is 0.000000164. The van der Waals surface area contributed by atoms with Crippen molar-refractivity contribution in [3.05, 3.63) is 206 Å². The number of methoxy groups -OCH3 is 3. The molecule has 5 aromatic heterocycles. The monoisotopic (exact) mass is 1820 g/mol. The van der Waals surface area contributed by atoms with E-state index in [0.29, 0.717) is 99.9 Å². The number of hydrogen-bond acceptors (Lipinski definition) is 25. The van der Waals surface area contributed by atoms with Crippen LogP contribution in [0.1, 0.15) is 53.2 Å². The lowest BCUT2D eigenvalue weighted by atomic mass is 9.95. The van der Waals surface area contributed by atoms with Gasteiger partial charge in [0.2, 0.25) is 29.5 Å². The maximum Gasteiger partial charge on any atom is 0.345 e. The summed E-state index contributed by atoms with van der Waals surface area (Å²) in [5.74, 6) is 9.68. The van der Waals surface area contributed by atoms with Gasteiger partial charge in [-0.3, -0.25) is 29.6 Å². The average Bonchev–Trinajstić information content (AvgIpc) is 1.55. The molecule has 0 spiro atoms. The van der Waals surface area contributed by atoms with Crippen LogP contribution < -0.4 is 46.5 Å². The molecule has 3 aliphatic carbocycles. The third-order valence-corrected chi connectivity index (χ3v) is 21.7. The van der Waals surface area contributed by atoms with Crippen molar-refractivity contribution in [2.75, 3.05) is 96.5 Å². The number of hydrazine groups is 2. The predicted molar refractivity (Wildman–Crippen MR) is 421 cm³/mol. The summed E-state index contributed by atoms with van der Waals surface area (Å²) in [7, 11) is 4.60. The number of carbonyl (C=O) groups is 3. The van der Waals surface area contributed by atoms with Gasteiger partial charge in [0.1, 0.15) is 50.5 Å². The van der Waals surface area contributed by atoms with Crippen molar-refractivity contribution in [2.45, 2.75) is 88.4 Å². The number of aromatic nitrogens is 9. The van der Waals surface area contributed by atoms with Gasteiger partial charge in [-0.15, -0.1) is 20.4 Å². The van der Waals surface area contributed by atoms with Crippen LogP contribution in [-0.2, 0) is 78.9 Å². The Morgan fingerprint density at radius 1 is 0.496 bits per heavy atom. The van der Waals surface area contributed by atoms with Crippen LogP contribution in [0.3, 0.4) is 0 Å². The molecule has 0 unspecified atom stereocenters. The minimum atomic E-state index is -2.95. The first-order valence-electron chi connectivity index (χ1n) is 36.7. The number of hydrogen-bond donors (Lipinski definition) is 4. The molecule has 6 atom stereocenters. The maximum atomic E-state index is 13.5. The molecule has 123 heavy (non-hydrogen) atoms. The van der Waals surface area contributed by atoms with Crippen LogP contribution in [0.25, 0.3) is 11.4 Å². The molecule has 662 valence electrons. The zero-order valence-corrected chi connectivity index (χ0v) is 68.4. The molecule has 4 aromatic carbocycles. The first-order chi connectivity index (χ1) is 58.9. The number of aliphatic imine (C=N–C) groups is 1. The van der Waals surface area contributed by atoms with Crippen molar-refractivity contribution in [3.8, 4) is 29.0 Å². The lowest BCUT2D eigenvalue weighted by molar-refractivity contribution is -0.171. The van der Waals surface area contributed by atoms with E-state index in [0.717, 1.165) is 65.5 Å². The van der Waals surface area contributed by atoms with Gasteiger partial charge in [0.25, 0.3) is 11.8 Å². The van der Waals surface area contributed by atoms with Gasteiger partial charge in [-0.25, -0.2) is 49.6 Å².